The highest BCUT2D eigenvalue weighted by atomic mass is 32.2. The molecule has 126 valence electrons. The summed E-state index contributed by atoms with van der Waals surface area (Å²) in [6.07, 6.45) is 6.62. The van der Waals surface area contributed by atoms with Gasteiger partial charge in [0.05, 0.1) is 11.1 Å². The predicted molar refractivity (Wildman–Crippen MR) is 96.7 cm³/mol. The molecule has 4 nitrogen and oxygen atoms in total. The highest BCUT2D eigenvalue weighted by Crippen LogP contribution is 2.34. The Hall–Kier alpha value is -2.14. The van der Waals surface area contributed by atoms with Gasteiger partial charge in [-0.2, -0.15) is 13.5 Å². The predicted octanol–water partition coefficient (Wildman–Crippen LogP) is 3.97. The maximum atomic E-state index is 12.2. The van der Waals surface area contributed by atoms with Gasteiger partial charge < -0.3 is 0 Å². The van der Waals surface area contributed by atoms with Gasteiger partial charge in [-0.25, -0.2) is 4.83 Å². The summed E-state index contributed by atoms with van der Waals surface area (Å²) in [7, 11) is -3.62. The van der Waals surface area contributed by atoms with E-state index in [1.165, 1.54) is 31.2 Å². The molecular weight excluding hydrogens is 320 g/mol. The summed E-state index contributed by atoms with van der Waals surface area (Å²) in [5.74, 6) is 0.627. The fourth-order valence-electron chi connectivity index (χ4n) is 3.09. The molecule has 5 heteroatoms. The van der Waals surface area contributed by atoms with Gasteiger partial charge in [0.2, 0.25) is 0 Å². The maximum absolute atomic E-state index is 12.2. The summed E-state index contributed by atoms with van der Waals surface area (Å²) >= 11 is 0. The summed E-state index contributed by atoms with van der Waals surface area (Å²) in [5, 5.41) is 3.92. The molecule has 2 aromatic rings. The Labute approximate surface area is 143 Å². The molecule has 0 amide bonds. The zero-order valence-corrected chi connectivity index (χ0v) is 14.6. The summed E-state index contributed by atoms with van der Waals surface area (Å²) in [6.45, 7) is 1.92. The van der Waals surface area contributed by atoms with E-state index in [0.29, 0.717) is 5.92 Å². The van der Waals surface area contributed by atoms with Crippen LogP contribution in [0.5, 0.6) is 0 Å². The Morgan fingerprint density at radius 2 is 1.79 bits per heavy atom. The number of hydrogen-bond donors (Lipinski definition) is 1. The van der Waals surface area contributed by atoms with Gasteiger partial charge in [-0.05, 0) is 55.0 Å². The SMILES string of the molecule is Cc1ccc(S(=O)(=O)NN=Cc2cccc(C3CCCC3)c2)cc1. The van der Waals surface area contributed by atoms with Crippen molar-refractivity contribution in [1.29, 1.82) is 0 Å². The van der Waals surface area contributed by atoms with Crippen molar-refractivity contribution in [1.82, 2.24) is 4.83 Å². The fraction of sp³-hybridized carbons (Fsp3) is 0.316. The van der Waals surface area contributed by atoms with E-state index in [-0.39, 0.29) is 4.90 Å². The van der Waals surface area contributed by atoms with Crippen molar-refractivity contribution in [3.63, 3.8) is 0 Å². The van der Waals surface area contributed by atoms with Crippen LogP contribution < -0.4 is 4.83 Å². The van der Waals surface area contributed by atoms with Crippen LogP contribution in [0, 0.1) is 6.92 Å². The zero-order valence-electron chi connectivity index (χ0n) is 13.8. The largest absolute Gasteiger partial charge is 0.276 e. The Kier molecular flexibility index (Phi) is 5.00. The number of hydrazone groups is 1. The molecule has 0 aromatic heterocycles. The normalized spacial score (nSPS) is 15.9. The van der Waals surface area contributed by atoms with E-state index in [1.54, 1.807) is 30.5 Å². The van der Waals surface area contributed by atoms with Gasteiger partial charge in [-0.3, -0.25) is 0 Å². The lowest BCUT2D eigenvalue weighted by Gasteiger charge is -2.09. The molecule has 3 rings (SSSR count). The third kappa shape index (κ3) is 4.03. The third-order valence-corrected chi connectivity index (χ3v) is 5.69. The summed E-state index contributed by atoms with van der Waals surface area (Å²) < 4.78 is 24.4. The number of nitrogens with one attached hydrogen (secondary N) is 1. The third-order valence-electron chi connectivity index (χ3n) is 4.46. The molecule has 0 heterocycles. The smallest absolute Gasteiger partial charge is 0.200 e. The van der Waals surface area contributed by atoms with E-state index >= 15 is 0 Å². The lowest BCUT2D eigenvalue weighted by atomic mass is 9.96. The molecule has 2 aromatic carbocycles. The minimum atomic E-state index is -3.62. The van der Waals surface area contributed by atoms with Crippen LogP contribution in [0.3, 0.4) is 0 Å². The van der Waals surface area contributed by atoms with E-state index in [2.05, 4.69) is 22.1 Å². The maximum Gasteiger partial charge on any atom is 0.276 e. The molecule has 1 saturated carbocycles. The molecule has 1 aliphatic carbocycles. The Bertz CT molecular complexity index is 821. The summed E-state index contributed by atoms with van der Waals surface area (Å²) in [6, 6.07) is 14.9. The van der Waals surface area contributed by atoms with Gasteiger partial charge in [-0.1, -0.05) is 48.7 Å². The van der Waals surface area contributed by atoms with Crippen LogP contribution in [0.2, 0.25) is 0 Å². The molecule has 0 saturated heterocycles. The summed E-state index contributed by atoms with van der Waals surface area (Å²) in [5.41, 5.74) is 3.24. The van der Waals surface area contributed by atoms with E-state index in [1.807, 2.05) is 19.1 Å². The average molecular weight is 342 g/mol. The van der Waals surface area contributed by atoms with Gasteiger partial charge in [0.1, 0.15) is 0 Å². The van der Waals surface area contributed by atoms with Crippen LogP contribution in [0.4, 0.5) is 0 Å². The first-order valence-corrected chi connectivity index (χ1v) is 9.74. The lowest BCUT2D eigenvalue weighted by Crippen LogP contribution is -2.18. The van der Waals surface area contributed by atoms with Crippen LogP contribution in [-0.4, -0.2) is 14.6 Å². The number of benzene rings is 2. The average Bonchev–Trinajstić information content (AvgIpc) is 3.10. The molecule has 1 aliphatic rings. The number of sulfonamides is 1. The van der Waals surface area contributed by atoms with Crippen LogP contribution >= 0.6 is 0 Å². The van der Waals surface area contributed by atoms with Crippen molar-refractivity contribution < 1.29 is 8.42 Å². The van der Waals surface area contributed by atoms with Gasteiger partial charge >= 0.3 is 0 Å². The molecule has 1 fully saturated rings. The van der Waals surface area contributed by atoms with Crippen molar-refractivity contribution in [2.24, 2.45) is 5.10 Å². The molecule has 0 bridgehead atoms. The highest BCUT2D eigenvalue weighted by Gasteiger charge is 2.17. The van der Waals surface area contributed by atoms with Crippen LogP contribution in [-0.2, 0) is 10.0 Å². The molecular formula is C19H22N2O2S. The highest BCUT2D eigenvalue weighted by molar-refractivity contribution is 7.89. The first kappa shape index (κ1) is 16.7. The standard InChI is InChI=1S/C19H22N2O2S/c1-15-9-11-19(12-10-15)24(22,23)21-20-14-16-5-4-8-18(13-16)17-6-2-3-7-17/h4-5,8-14,17,21H,2-3,6-7H2,1H3. The van der Waals surface area contributed by atoms with Gasteiger partial charge in [0.25, 0.3) is 10.0 Å². The molecule has 24 heavy (non-hydrogen) atoms. The molecule has 1 N–H and O–H groups in total. The molecule has 0 atom stereocenters. The molecule has 0 aliphatic heterocycles. The molecule has 0 spiro atoms. The van der Waals surface area contributed by atoms with Gasteiger partial charge in [0.15, 0.2) is 0 Å². The van der Waals surface area contributed by atoms with Crippen molar-refractivity contribution in [3.05, 3.63) is 65.2 Å². The Balaban J connectivity index is 1.69. The van der Waals surface area contributed by atoms with Gasteiger partial charge in [0, 0.05) is 0 Å². The monoisotopic (exact) mass is 342 g/mol. The minimum absolute atomic E-state index is 0.213. The molecule has 0 radical (unpaired) electrons. The van der Waals surface area contributed by atoms with E-state index in [9.17, 15) is 8.42 Å². The van der Waals surface area contributed by atoms with Crippen LogP contribution in [0.1, 0.15) is 48.3 Å². The molecule has 0 unspecified atom stereocenters. The first-order valence-electron chi connectivity index (χ1n) is 8.26. The van der Waals surface area contributed by atoms with E-state index in [4.69, 9.17) is 0 Å². The minimum Gasteiger partial charge on any atom is -0.200 e. The lowest BCUT2D eigenvalue weighted by molar-refractivity contribution is 0.584. The number of nitrogens with zero attached hydrogens (tertiary/aromatic N) is 1. The number of aryl methyl sites for hydroxylation is 1. The van der Waals surface area contributed by atoms with Crippen LogP contribution in [0.15, 0.2) is 58.5 Å². The van der Waals surface area contributed by atoms with Crippen molar-refractivity contribution in [3.8, 4) is 0 Å². The quantitative estimate of drug-likeness (QED) is 0.660. The fourth-order valence-corrected chi connectivity index (χ4v) is 3.88. The second kappa shape index (κ2) is 7.18. The number of hydrogen-bond acceptors (Lipinski definition) is 3. The van der Waals surface area contributed by atoms with Crippen molar-refractivity contribution >= 4 is 16.2 Å². The Morgan fingerprint density at radius 1 is 1.08 bits per heavy atom. The van der Waals surface area contributed by atoms with Gasteiger partial charge in [-0.15, -0.1) is 0 Å². The van der Waals surface area contributed by atoms with E-state index < -0.39 is 10.0 Å². The van der Waals surface area contributed by atoms with E-state index in [0.717, 1.165) is 11.1 Å². The zero-order chi connectivity index (χ0) is 17.0. The topological polar surface area (TPSA) is 58.5 Å². The number of rotatable bonds is 5. The first-order chi connectivity index (χ1) is 11.5. The van der Waals surface area contributed by atoms with Crippen LogP contribution in [0.25, 0.3) is 0 Å². The van der Waals surface area contributed by atoms with Crippen molar-refractivity contribution in [2.45, 2.75) is 43.4 Å². The van der Waals surface area contributed by atoms with Crippen molar-refractivity contribution in [2.75, 3.05) is 0 Å². The second-order valence-corrected chi connectivity index (χ2v) is 7.98. The second-order valence-electron chi connectivity index (χ2n) is 6.32. The Morgan fingerprint density at radius 3 is 2.50 bits per heavy atom. The summed E-state index contributed by atoms with van der Waals surface area (Å²) in [4.78, 5) is 2.49.